The number of nitrogens with one attached hydrogen (secondary N) is 1. The van der Waals surface area contributed by atoms with Crippen LogP contribution in [0.1, 0.15) is 18.1 Å². The second-order valence-corrected chi connectivity index (χ2v) is 8.71. The number of aromatic nitrogens is 2. The first-order valence-corrected chi connectivity index (χ1v) is 11.3. The lowest BCUT2D eigenvalue weighted by molar-refractivity contribution is -0.114. The quantitative estimate of drug-likeness (QED) is 0.249. The third-order valence-electron chi connectivity index (χ3n) is 5.18. The highest BCUT2D eigenvalue weighted by Crippen LogP contribution is 2.38. The van der Waals surface area contributed by atoms with Crippen LogP contribution in [0, 0.1) is 0 Å². The van der Waals surface area contributed by atoms with Crippen molar-refractivity contribution in [2.45, 2.75) is 30.3 Å². The normalized spacial score (nSPS) is 14.1. The van der Waals surface area contributed by atoms with Crippen LogP contribution in [0.25, 0.3) is 0 Å². The number of urea groups is 1. The van der Waals surface area contributed by atoms with E-state index >= 15 is 0 Å². The third kappa shape index (κ3) is 5.62. The lowest BCUT2D eigenvalue weighted by atomic mass is 10.2. The van der Waals surface area contributed by atoms with Gasteiger partial charge in [0.15, 0.2) is 0 Å². The van der Waals surface area contributed by atoms with Crippen LogP contribution < -0.4 is 10.2 Å². The molecular formula is C24H20F3N5O2S. The van der Waals surface area contributed by atoms with Gasteiger partial charge in [-0.15, -0.1) is 0 Å². The molecule has 1 saturated heterocycles. The highest BCUT2D eigenvalue weighted by Gasteiger charge is 2.41. The Bertz CT molecular complexity index is 1280. The molecule has 1 aliphatic heterocycles. The van der Waals surface area contributed by atoms with Gasteiger partial charge in [-0.25, -0.2) is 19.7 Å². The number of hydrogen-bond acceptors (Lipinski definition) is 6. The first kappa shape index (κ1) is 24.3. The number of aryl methyl sites for hydroxylation is 1. The molecule has 35 heavy (non-hydrogen) atoms. The smallest absolute Gasteiger partial charge is 0.325 e. The lowest BCUT2D eigenvalue weighted by Gasteiger charge is -2.18. The highest BCUT2D eigenvalue weighted by molar-refractivity contribution is 8.00. The number of carbonyl (C=O) groups excluding carboxylic acids is 2. The standard InChI is InChI=1S/C24H20F3N5O2S/c1-3-16-8-10-28-20(12-16)30-21-13-17(9-11-29-21)14-31-15(2)22(33)32(23(31)34)18-4-6-19(7-5-18)35-24(25,26)27/h4-13H,2-3,14H2,1H3,(H,28,29,30). The van der Waals surface area contributed by atoms with Crippen molar-refractivity contribution in [2.75, 3.05) is 10.2 Å². The van der Waals surface area contributed by atoms with Crippen molar-refractivity contribution >= 4 is 41.0 Å². The van der Waals surface area contributed by atoms with Crippen molar-refractivity contribution in [3.05, 3.63) is 84.3 Å². The van der Waals surface area contributed by atoms with Crippen LogP contribution in [-0.2, 0) is 17.8 Å². The van der Waals surface area contributed by atoms with Crippen molar-refractivity contribution in [1.82, 2.24) is 14.9 Å². The molecule has 11 heteroatoms. The minimum absolute atomic E-state index is 0.0348. The average molecular weight is 500 g/mol. The predicted octanol–water partition coefficient (Wildman–Crippen LogP) is 5.88. The van der Waals surface area contributed by atoms with E-state index < -0.39 is 17.4 Å². The Morgan fingerprint density at radius 3 is 2.17 bits per heavy atom. The molecule has 0 aliphatic carbocycles. The number of hydrogen-bond donors (Lipinski definition) is 1. The molecule has 0 bridgehead atoms. The number of nitrogens with zero attached hydrogens (tertiary/aromatic N) is 4. The summed E-state index contributed by atoms with van der Waals surface area (Å²) >= 11 is -0.272. The topological polar surface area (TPSA) is 78.4 Å². The van der Waals surface area contributed by atoms with Gasteiger partial charge in [0.05, 0.1) is 12.2 Å². The summed E-state index contributed by atoms with van der Waals surface area (Å²) in [5, 5.41) is 3.12. The largest absolute Gasteiger partial charge is 0.446 e. The van der Waals surface area contributed by atoms with Gasteiger partial charge in [-0.2, -0.15) is 13.2 Å². The first-order valence-electron chi connectivity index (χ1n) is 10.5. The minimum atomic E-state index is -4.43. The molecule has 1 N–H and O–H groups in total. The Balaban J connectivity index is 1.49. The summed E-state index contributed by atoms with van der Waals surface area (Å²) in [6.07, 6.45) is 4.13. The van der Waals surface area contributed by atoms with E-state index in [0.717, 1.165) is 16.9 Å². The third-order valence-corrected chi connectivity index (χ3v) is 5.92. The second kappa shape index (κ2) is 9.79. The molecule has 1 aromatic carbocycles. The second-order valence-electron chi connectivity index (χ2n) is 7.57. The molecule has 0 unspecified atom stereocenters. The average Bonchev–Trinajstić information content (AvgIpc) is 3.02. The van der Waals surface area contributed by atoms with Crippen LogP contribution in [-0.4, -0.2) is 32.3 Å². The van der Waals surface area contributed by atoms with Crippen LogP contribution in [0.4, 0.5) is 35.3 Å². The number of benzene rings is 1. The molecule has 0 spiro atoms. The molecule has 4 rings (SSSR count). The van der Waals surface area contributed by atoms with E-state index in [1.165, 1.54) is 29.2 Å². The molecule has 3 amide bonds. The Labute approximate surface area is 203 Å². The Morgan fingerprint density at radius 1 is 0.971 bits per heavy atom. The van der Waals surface area contributed by atoms with Gasteiger partial charge in [0, 0.05) is 17.3 Å². The molecule has 0 saturated carbocycles. The monoisotopic (exact) mass is 499 g/mol. The maximum atomic E-state index is 13.0. The van der Waals surface area contributed by atoms with E-state index in [1.54, 1.807) is 24.5 Å². The minimum Gasteiger partial charge on any atom is -0.325 e. The zero-order valence-corrected chi connectivity index (χ0v) is 19.4. The number of carbonyl (C=O) groups is 2. The number of halogens is 3. The van der Waals surface area contributed by atoms with Gasteiger partial charge in [0.2, 0.25) is 0 Å². The SMILES string of the molecule is C=C1C(=O)N(c2ccc(SC(F)(F)F)cc2)C(=O)N1Cc1ccnc(Nc2cc(CC)ccn2)c1. The summed E-state index contributed by atoms with van der Waals surface area (Å²) in [4.78, 5) is 36.4. The number of alkyl halides is 3. The van der Waals surface area contributed by atoms with Crippen molar-refractivity contribution in [1.29, 1.82) is 0 Å². The Morgan fingerprint density at radius 2 is 1.57 bits per heavy atom. The summed E-state index contributed by atoms with van der Waals surface area (Å²) < 4.78 is 37.7. The van der Waals surface area contributed by atoms with Crippen LogP contribution in [0.3, 0.4) is 0 Å². The van der Waals surface area contributed by atoms with Gasteiger partial charge < -0.3 is 5.32 Å². The van der Waals surface area contributed by atoms with Gasteiger partial charge in [-0.05, 0) is 77.8 Å². The number of pyridine rings is 2. The van der Waals surface area contributed by atoms with Crippen molar-refractivity contribution in [2.24, 2.45) is 0 Å². The molecule has 180 valence electrons. The van der Waals surface area contributed by atoms with Crippen LogP contribution >= 0.6 is 11.8 Å². The molecule has 3 aromatic rings. The highest BCUT2D eigenvalue weighted by atomic mass is 32.2. The Hall–Kier alpha value is -3.86. The van der Waals surface area contributed by atoms with E-state index in [0.29, 0.717) is 17.2 Å². The molecule has 0 radical (unpaired) electrons. The van der Waals surface area contributed by atoms with Gasteiger partial charge in [-0.3, -0.25) is 9.69 Å². The van der Waals surface area contributed by atoms with Crippen molar-refractivity contribution < 1.29 is 22.8 Å². The fourth-order valence-corrected chi connectivity index (χ4v) is 4.01. The molecular weight excluding hydrogens is 479 g/mol. The number of rotatable bonds is 7. The maximum absolute atomic E-state index is 13.0. The maximum Gasteiger partial charge on any atom is 0.446 e. The molecule has 1 fully saturated rings. The zero-order chi connectivity index (χ0) is 25.2. The number of thioether (sulfide) groups is 1. The van der Waals surface area contributed by atoms with Crippen LogP contribution in [0.15, 0.2) is 78.1 Å². The molecule has 7 nitrogen and oxygen atoms in total. The van der Waals surface area contributed by atoms with E-state index in [1.807, 2.05) is 19.1 Å². The zero-order valence-electron chi connectivity index (χ0n) is 18.5. The fourth-order valence-electron chi connectivity index (χ4n) is 3.47. The van der Waals surface area contributed by atoms with Gasteiger partial charge in [-0.1, -0.05) is 13.5 Å². The molecule has 3 heterocycles. The van der Waals surface area contributed by atoms with Crippen molar-refractivity contribution in [3.8, 4) is 0 Å². The summed E-state index contributed by atoms with van der Waals surface area (Å²) in [7, 11) is 0. The summed E-state index contributed by atoms with van der Waals surface area (Å²) in [5.74, 6) is 0.504. The van der Waals surface area contributed by atoms with Gasteiger partial charge >= 0.3 is 11.5 Å². The van der Waals surface area contributed by atoms with Crippen LogP contribution in [0.2, 0.25) is 0 Å². The Kier molecular flexibility index (Phi) is 6.79. The van der Waals surface area contributed by atoms with E-state index in [2.05, 4.69) is 21.9 Å². The van der Waals surface area contributed by atoms with Crippen LogP contribution in [0.5, 0.6) is 0 Å². The van der Waals surface area contributed by atoms with Crippen molar-refractivity contribution in [3.63, 3.8) is 0 Å². The van der Waals surface area contributed by atoms with E-state index in [-0.39, 0.29) is 34.6 Å². The summed E-state index contributed by atoms with van der Waals surface area (Å²) in [5.41, 5.74) is -2.50. The summed E-state index contributed by atoms with van der Waals surface area (Å²) in [6, 6.07) is 11.7. The molecule has 1 aliphatic rings. The first-order chi connectivity index (χ1) is 16.6. The molecule has 2 aromatic heterocycles. The van der Waals surface area contributed by atoms with Gasteiger partial charge in [0.25, 0.3) is 5.91 Å². The lowest BCUT2D eigenvalue weighted by Crippen LogP contribution is -2.32. The summed E-state index contributed by atoms with van der Waals surface area (Å²) in [6.45, 7) is 5.83. The fraction of sp³-hybridized carbons (Fsp3) is 0.167. The van der Waals surface area contributed by atoms with E-state index in [4.69, 9.17) is 0 Å². The number of amides is 3. The molecule has 0 atom stereocenters. The number of imide groups is 1. The predicted molar refractivity (Wildman–Crippen MR) is 127 cm³/mol. The van der Waals surface area contributed by atoms with Gasteiger partial charge in [0.1, 0.15) is 17.3 Å². The van der Waals surface area contributed by atoms with E-state index in [9.17, 15) is 22.8 Å². The number of anilines is 3.